The van der Waals surface area contributed by atoms with Crippen molar-refractivity contribution in [2.45, 2.75) is 77.4 Å². The standard InChI is InChI=1S/C15H37NO2Si3/c1-8-15(19(17-9-2)18-10-3)11-12-16-20(4,5)13-14-21(16,6)7/h15,19H,8-14H2,1-7H3. The van der Waals surface area contributed by atoms with Crippen molar-refractivity contribution in [1.29, 1.82) is 0 Å². The van der Waals surface area contributed by atoms with Gasteiger partial charge in [0.2, 0.25) is 0 Å². The number of hydrogen-bond donors (Lipinski definition) is 0. The summed E-state index contributed by atoms with van der Waals surface area (Å²) in [5, 5.41) is 0. The monoisotopic (exact) mass is 347 g/mol. The molecule has 126 valence electrons. The van der Waals surface area contributed by atoms with Crippen LogP contribution in [0.2, 0.25) is 43.8 Å². The van der Waals surface area contributed by atoms with Gasteiger partial charge in [0.05, 0.1) is 0 Å². The van der Waals surface area contributed by atoms with Crippen LogP contribution in [0.15, 0.2) is 0 Å². The molecule has 1 heterocycles. The van der Waals surface area contributed by atoms with Crippen LogP contribution in [-0.4, -0.2) is 49.7 Å². The van der Waals surface area contributed by atoms with E-state index in [1.807, 2.05) is 0 Å². The minimum Gasteiger partial charge on any atom is -0.397 e. The topological polar surface area (TPSA) is 21.7 Å². The van der Waals surface area contributed by atoms with Gasteiger partial charge < -0.3 is 13.1 Å². The second-order valence-corrected chi connectivity index (χ2v) is 19.6. The molecule has 0 aromatic rings. The van der Waals surface area contributed by atoms with Crippen LogP contribution < -0.4 is 0 Å². The molecule has 0 amide bonds. The molecule has 1 saturated heterocycles. The summed E-state index contributed by atoms with van der Waals surface area (Å²) < 4.78 is 14.9. The molecule has 1 atom stereocenters. The molecular weight excluding hydrogens is 310 g/mol. The Morgan fingerprint density at radius 2 is 1.43 bits per heavy atom. The number of hydrogen-bond acceptors (Lipinski definition) is 3. The molecular formula is C15H37NO2Si3. The van der Waals surface area contributed by atoms with Gasteiger partial charge in [0, 0.05) is 18.8 Å². The second-order valence-electron chi connectivity index (χ2n) is 7.51. The molecule has 0 N–H and O–H groups in total. The summed E-state index contributed by atoms with van der Waals surface area (Å²) in [6, 6.07) is 3.00. The highest BCUT2D eigenvalue weighted by molar-refractivity contribution is 6.95. The van der Waals surface area contributed by atoms with E-state index >= 15 is 0 Å². The molecule has 1 aliphatic rings. The molecule has 0 saturated carbocycles. The molecule has 1 fully saturated rings. The van der Waals surface area contributed by atoms with Gasteiger partial charge in [0.1, 0.15) is 16.5 Å². The normalized spacial score (nSPS) is 22.9. The summed E-state index contributed by atoms with van der Waals surface area (Å²) >= 11 is 0. The average molecular weight is 348 g/mol. The lowest BCUT2D eigenvalue weighted by molar-refractivity contribution is 0.200. The predicted molar refractivity (Wildman–Crippen MR) is 100 cm³/mol. The molecule has 0 spiro atoms. The van der Waals surface area contributed by atoms with Gasteiger partial charge in [-0.15, -0.1) is 0 Å². The zero-order chi connectivity index (χ0) is 16.1. The van der Waals surface area contributed by atoms with Crippen molar-refractivity contribution in [1.82, 2.24) is 4.23 Å². The Bertz CT molecular complexity index is 291. The molecule has 0 aliphatic carbocycles. The van der Waals surface area contributed by atoms with E-state index in [4.69, 9.17) is 8.85 Å². The third-order valence-corrected chi connectivity index (χ3v) is 18.5. The van der Waals surface area contributed by atoms with Gasteiger partial charge in [0.25, 0.3) is 0 Å². The zero-order valence-electron chi connectivity index (χ0n) is 15.4. The van der Waals surface area contributed by atoms with E-state index in [9.17, 15) is 0 Å². The van der Waals surface area contributed by atoms with E-state index in [1.165, 1.54) is 31.5 Å². The van der Waals surface area contributed by atoms with Crippen molar-refractivity contribution in [3.8, 4) is 0 Å². The summed E-state index contributed by atoms with van der Waals surface area (Å²) in [4.78, 5) is 0. The molecule has 21 heavy (non-hydrogen) atoms. The molecule has 1 rings (SSSR count). The van der Waals surface area contributed by atoms with Crippen LogP contribution >= 0.6 is 0 Å². The first-order valence-corrected chi connectivity index (χ1v) is 16.7. The van der Waals surface area contributed by atoms with Crippen LogP contribution in [0.4, 0.5) is 0 Å². The van der Waals surface area contributed by atoms with Gasteiger partial charge in [0.15, 0.2) is 0 Å². The Kier molecular flexibility index (Phi) is 7.83. The van der Waals surface area contributed by atoms with E-state index in [-0.39, 0.29) is 0 Å². The average Bonchev–Trinajstić information content (AvgIpc) is 2.61. The number of rotatable bonds is 9. The molecule has 0 aromatic carbocycles. The van der Waals surface area contributed by atoms with Crippen molar-refractivity contribution in [2.24, 2.45) is 0 Å². The summed E-state index contributed by atoms with van der Waals surface area (Å²) in [5.41, 5.74) is 0.667. The van der Waals surface area contributed by atoms with E-state index in [1.54, 1.807) is 0 Å². The number of nitrogens with zero attached hydrogens (tertiary/aromatic N) is 1. The first-order chi connectivity index (χ1) is 9.78. The van der Waals surface area contributed by atoms with Crippen molar-refractivity contribution >= 4 is 25.8 Å². The Hall–Kier alpha value is 0.531. The SMILES string of the molecule is CCO[SiH](OCC)C(CC)CCN1[Si](C)(C)CC[Si]1(C)C. The lowest BCUT2D eigenvalue weighted by Gasteiger charge is -2.40. The largest absolute Gasteiger partial charge is 0.397 e. The van der Waals surface area contributed by atoms with Crippen LogP contribution in [-0.2, 0) is 8.85 Å². The van der Waals surface area contributed by atoms with Crippen molar-refractivity contribution < 1.29 is 8.85 Å². The second kappa shape index (κ2) is 8.40. The van der Waals surface area contributed by atoms with Gasteiger partial charge in [-0.2, -0.15) is 0 Å². The van der Waals surface area contributed by atoms with E-state index < -0.39 is 25.8 Å². The summed E-state index contributed by atoms with van der Waals surface area (Å²) in [5.74, 6) is 0. The molecule has 1 unspecified atom stereocenters. The molecule has 3 nitrogen and oxygen atoms in total. The summed E-state index contributed by atoms with van der Waals surface area (Å²) in [6.45, 7) is 19.7. The highest BCUT2D eigenvalue weighted by atomic mass is 28.4. The van der Waals surface area contributed by atoms with Crippen molar-refractivity contribution in [2.75, 3.05) is 19.8 Å². The maximum Gasteiger partial charge on any atom is 0.324 e. The molecule has 1 aliphatic heterocycles. The lowest BCUT2D eigenvalue weighted by Crippen LogP contribution is -2.55. The minimum atomic E-state index is -1.49. The molecule has 6 heteroatoms. The summed E-state index contributed by atoms with van der Waals surface area (Å²) in [6.07, 6.45) is 2.48. The first kappa shape index (κ1) is 19.6. The third-order valence-electron chi connectivity index (χ3n) is 5.10. The maximum absolute atomic E-state index is 5.98. The highest BCUT2D eigenvalue weighted by Crippen LogP contribution is 2.38. The molecule has 0 bridgehead atoms. The van der Waals surface area contributed by atoms with E-state index in [0.29, 0.717) is 5.54 Å². The van der Waals surface area contributed by atoms with E-state index in [2.05, 4.69) is 51.2 Å². The Balaban J connectivity index is 2.65. The maximum atomic E-state index is 5.98. The van der Waals surface area contributed by atoms with Crippen LogP contribution in [0, 0.1) is 0 Å². The van der Waals surface area contributed by atoms with Gasteiger partial charge >= 0.3 is 9.28 Å². The van der Waals surface area contributed by atoms with Gasteiger partial charge in [-0.05, 0) is 38.9 Å². The fourth-order valence-corrected chi connectivity index (χ4v) is 20.0. The van der Waals surface area contributed by atoms with E-state index in [0.717, 1.165) is 13.2 Å². The van der Waals surface area contributed by atoms with Crippen LogP contribution in [0.5, 0.6) is 0 Å². The van der Waals surface area contributed by atoms with Gasteiger partial charge in [-0.3, -0.25) is 0 Å². The van der Waals surface area contributed by atoms with Crippen LogP contribution in [0.3, 0.4) is 0 Å². The lowest BCUT2D eigenvalue weighted by atomic mass is 10.2. The Morgan fingerprint density at radius 1 is 0.952 bits per heavy atom. The van der Waals surface area contributed by atoms with Crippen molar-refractivity contribution in [3.63, 3.8) is 0 Å². The van der Waals surface area contributed by atoms with Crippen molar-refractivity contribution in [3.05, 3.63) is 0 Å². The fraction of sp³-hybridized carbons (Fsp3) is 1.00. The van der Waals surface area contributed by atoms with Gasteiger partial charge in [-0.25, -0.2) is 0 Å². The van der Waals surface area contributed by atoms with Crippen LogP contribution in [0.1, 0.15) is 33.6 Å². The predicted octanol–water partition coefficient (Wildman–Crippen LogP) is 4.18. The quantitative estimate of drug-likeness (QED) is 0.584. The Morgan fingerprint density at radius 3 is 1.81 bits per heavy atom. The van der Waals surface area contributed by atoms with Crippen LogP contribution in [0.25, 0.3) is 0 Å². The molecule has 0 radical (unpaired) electrons. The first-order valence-electron chi connectivity index (χ1n) is 8.79. The van der Waals surface area contributed by atoms with Gasteiger partial charge in [-0.1, -0.05) is 39.5 Å². The third kappa shape index (κ3) is 5.28. The summed E-state index contributed by atoms with van der Waals surface area (Å²) in [7, 11) is -3.75. The highest BCUT2D eigenvalue weighted by Gasteiger charge is 2.47. The smallest absolute Gasteiger partial charge is 0.324 e. The molecule has 0 aromatic heterocycles. The fourth-order valence-electron chi connectivity index (χ4n) is 3.78. The zero-order valence-corrected chi connectivity index (χ0v) is 18.5. The Labute approximate surface area is 136 Å². The minimum absolute atomic E-state index is 0.667.